The van der Waals surface area contributed by atoms with Gasteiger partial charge in [-0.15, -0.1) is 0 Å². The number of rotatable bonds is 5. The minimum Gasteiger partial charge on any atom is -0.396 e. The van der Waals surface area contributed by atoms with Crippen LogP contribution in [-0.2, 0) is 6.54 Å². The normalized spacial score (nSPS) is 20.2. The van der Waals surface area contributed by atoms with Crippen molar-refractivity contribution in [2.75, 3.05) is 19.7 Å². The number of aliphatic hydroxyl groups is 1. The molecule has 1 unspecified atom stereocenters. The lowest BCUT2D eigenvalue weighted by Gasteiger charge is -2.16. The molecular weight excluding hydrogens is 228 g/mol. The van der Waals surface area contributed by atoms with Crippen LogP contribution >= 0.6 is 0 Å². The van der Waals surface area contributed by atoms with Gasteiger partial charge in [-0.1, -0.05) is 0 Å². The Balaban J connectivity index is 1.94. The Morgan fingerprint density at radius 3 is 3.17 bits per heavy atom. The first-order valence-corrected chi connectivity index (χ1v) is 6.31. The van der Waals surface area contributed by atoms with E-state index in [0.29, 0.717) is 11.6 Å². The average molecular weight is 248 g/mol. The number of nitrogens with one attached hydrogen (secondary N) is 1. The van der Waals surface area contributed by atoms with Gasteiger partial charge in [0.1, 0.15) is 11.5 Å². The van der Waals surface area contributed by atoms with Gasteiger partial charge in [0.15, 0.2) is 0 Å². The molecule has 0 saturated carbocycles. The molecule has 2 heterocycles. The zero-order valence-corrected chi connectivity index (χ0v) is 10.5. The van der Waals surface area contributed by atoms with E-state index in [1.807, 2.05) is 12.1 Å². The zero-order valence-electron chi connectivity index (χ0n) is 10.5. The lowest BCUT2D eigenvalue weighted by molar-refractivity contribution is 0.249. The summed E-state index contributed by atoms with van der Waals surface area (Å²) in [5, 5.41) is 16.3. The maximum atomic E-state index is 8.94. The highest BCUT2D eigenvalue weighted by Gasteiger charge is 2.21. The van der Waals surface area contributed by atoms with Crippen molar-refractivity contribution in [3.8, 4) is 0 Å². The Morgan fingerprint density at radius 2 is 2.44 bits per heavy atom. The molecule has 0 aliphatic carbocycles. The third-order valence-corrected chi connectivity index (χ3v) is 3.41. The number of nitrogens with zero attached hydrogens (tertiary/aromatic N) is 2. The van der Waals surface area contributed by atoms with E-state index in [-0.39, 0.29) is 12.4 Å². The summed E-state index contributed by atoms with van der Waals surface area (Å²) in [6, 6.07) is 3.84. The first kappa shape index (κ1) is 13.0. The molecule has 18 heavy (non-hydrogen) atoms. The molecule has 2 rings (SSSR count). The molecule has 5 nitrogen and oxygen atoms in total. The Hall–Kier alpha value is -1.46. The fraction of sp³-hybridized carbons (Fsp3) is 0.538. The Kier molecular flexibility index (Phi) is 4.28. The van der Waals surface area contributed by atoms with Crippen LogP contribution in [0, 0.1) is 11.3 Å². The monoisotopic (exact) mass is 248 g/mol. The molecule has 0 spiro atoms. The summed E-state index contributed by atoms with van der Waals surface area (Å²) in [7, 11) is 0. The second kappa shape index (κ2) is 5.93. The zero-order chi connectivity index (χ0) is 13.0. The molecule has 1 aromatic rings. The van der Waals surface area contributed by atoms with Gasteiger partial charge >= 0.3 is 0 Å². The number of likely N-dealkylation sites (tertiary alicyclic amines) is 1. The number of hydrogen-bond donors (Lipinski definition) is 3. The van der Waals surface area contributed by atoms with Crippen molar-refractivity contribution in [2.45, 2.75) is 19.4 Å². The summed E-state index contributed by atoms with van der Waals surface area (Å²) >= 11 is 0. The predicted molar refractivity (Wildman–Crippen MR) is 70.3 cm³/mol. The van der Waals surface area contributed by atoms with Crippen LogP contribution in [0.2, 0.25) is 0 Å². The van der Waals surface area contributed by atoms with Crippen LogP contribution in [0.3, 0.4) is 0 Å². The van der Waals surface area contributed by atoms with Crippen LogP contribution in [-0.4, -0.2) is 40.5 Å². The van der Waals surface area contributed by atoms with Crippen LogP contribution in [0.15, 0.2) is 18.3 Å². The van der Waals surface area contributed by atoms with Gasteiger partial charge in [0.05, 0.1) is 0 Å². The summed E-state index contributed by atoms with van der Waals surface area (Å²) in [5.74, 6) is 0.626. The molecule has 0 amide bonds. The van der Waals surface area contributed by atoms with Gasteiger partial charge in [-0.05, 0) is 43.0 Å². The Morgan fingerprint density at radius 1 is 1.61 bits per heavy atom. The maximum Gasteiger partial charge on any atom is 0.141 e. The van der Waals surface area contributed by atoms with Crippen molar-refractivity contribution in [1.82, 2.24) is 9.88 Å². The van der Waals surface area contributed by atoms with E-state index in [9.17, 15) is 0 Å². The number of pyridine rings is 1. The predicted octanol–water partition coefficient (Wildman–Crippen LogP) is 0.570. The van der Waals surface area contributed by atoms with Crippen molar-refractivity contribution in [2.24, 2.45) is 11.7 Å². The highest BCUT2D eigenvalue weighted by atomic mass is 16.3. The molecule has 1 fully saturated rings. The van der Waals surface area contributed by atoms with E-state index in [1.165, 1.54) is 0 Å². The molecule has 1 atom stereocenters. The molecule has 0 radical (unpaired) electrons. The van der Waals surface area contributed by atoms with E-state index in [2.05, 4.69) is 9.88 Å². The quantitative estimate of drug-likeness (QED) is 0.525. The number of amidine groups is 1. The summed E-state index contributed by atoms with van der Waals surface area (Å²) in [4.78, 5) is 6.43. The molecule has 1 aromatic heterocycles. The van der Waals surface area contributed by atoms with Gasteiger partial charge in [0.2, 0.25) is 0 Å². The standard InChI is InChI=1S/C13H20N4O/c14-13(15)12-7-11(1-4-16-12)9-17-5-2-10(8-17)3-6-18/h1,4,7,10,18H,2-3,5-6,8-9H2,(H3,14,15). The van der Waals surface area contributed by atoms with Gasteiger partial charge < -0.3 is 10.8 Å². The number of aliphatic hydroxyl groups excluding tert-OH is 1. The van der Waals surface area contributed by atoms with Crippen LogP contribution in [0.25, 0.3) is 0 Å². The molecule has 4 N–H and O–H groups in total. The van der Waals surface area contributed by atoms with Gasteiger partial charge in [-0.2, -0.15) is 0 Å². The first-order valence-electron chi connectivity index (χ1n) is 6.31. The molecule has 1 aliphatic heterocycles. The topological polar surface area (TPSA) is 86.2 Å². The second-order valence-corrected chi connectivity index (χ2v) is 4.87. The average Bonchev–Trinajstić information content (AvgIpc) is 2.77. The first-order chi connectivity index (χ1) is 8.69. The molecule has 1 saturated heterocycles. The number of nitrogens with two attached hydrogens (primary N) is 1. The summed E-state index contributed by atoms with van der Waals surface area (Å²) < 4.78 is 0. The molecule has 1 aliphatic rings. The number of nitrogen functional groups attached to an aromatic ring is 1. The molecule has 0 bridgehead atoms. The third-order valence-electron chi connectivity index (χ3n) is 3.41. The second-order valence-electron chi connectivity index (χ2n) is 4.87. The van der Waals surface area contributed by atoms with Crippen LogP contribution in [0.1, 0.15) is 24.1 Å². The number of aromatic nitrogens is 1. The van der Waals surface area contributed by atoms with Gasteiger partial charge in [-0.3, -0.25) is 15.3 Å². The van der Waals surface area contributed by atoms with Crippen molar-refractivity contribution >= 4 is 5.84 Å². The fourth-order valence-electron chi connectivity index (χ4n) is 2.45. The van der Waals surface area contributed by atoms with Gasteiger partial charge in [0.25, 0.3) is 0 Å². The lowest BCUT2D eigenvalue weighted by atomic mass is 10.1. The van der Waals surface area contributed by atoms with Crippen LogP contribution in [0.4, 0.5) is 0 Å². The van der Waals surface area contributed by atoms with E-state index >= 15 is 0 Å². The SMILES string of the molecule is N=C(N)c1cc(CN2CCC(CCO)C2)ccn1. The molecule has 98 valence electrons. The van der Waals surface area contributed by atoms with Crippen molar-refractivity contribution in [3.05, 3.63) is 29.6 Å². The van der Waals surface area contributed by atoms with Crippen molar-refractivity contribution < 1.29 is 5.11 Å². The maximum absolute atomic E-state index is 8.94. The van der Waals surface area contributed by atoms with Crippen LogP contribution in [0.5, 0.6) is 0 Å². The minimum absolute atomic E-state index is 0.0106. The fourth-order valence-corrected chi connectivity index (χ4v) is 2.45. The van der Waals surface area contributed by atoms with E-state index < -0.39 is 0 Å². The van der Waals surface area contributed by atoms with Crippen molar-refractivity contribution in [1.29, 1.82) is 5.41 Å². The summed E-state index contributed by atoms with van der Waals surface area (Å²) in [5.41, 5.74) is 7.11. The largest absolute Gasteiger partial charge is 0.396 e. The highest BCUT2D eigenvalue weighted by Crippen LogP contribution is 2.21. The smallest absolute Gasteiger partial charge is 0.141 e. The summed E-state index contributed by atoms with van der Waals surface area (Å²) in [6.45, 7) is 3.26. The lowest BCUT2D eigenvalue weighted by Crippen LogP contribution is -2.21. The Bertz CT molecular complexity index is 421. The van der Waals surface area contributed by atoms with Gasteiger partial charge in [0, 0.05) is 25.9 Å². The summed E-state index contributed by atoms with van der Waals surface area (Å²) in [6.07, 6.45) is 3.75. The third kappa shape index (κ3) is 3.27. The molecule has 5 heteroatoms. The Labute approximate surface area is 107 Å². The van der Waals surface area contributed by atoms with E-state index in [4.69, 9.17) is 16.2 Å². The number of hydrogen-bond acceptors (Lipinski definition) is 4. The van der Waals surface area contributed by atoms with Gasteiger partial charge in [-0.25, -0.2) is 0 Å². The van der Waals surface area contributed by atoms with Crippen LogP contribution < -0.4 is 5.73 Å². The molecule has 0 aromatic carbocycles. The van der Waals surface area contributed by atoms with Crippen molar-refractivity contribution in [3.63, 3.8) is 0 Å². The minimum atomic E-state index is 0.0106. The molecular formula is C13H20N4O. The van der Waals surface area contributed by atoms with E-state index in [0.717, 1.165) is 38.0 Å². The highest BCUT2D eigenvalue weighted by molar-refractivity contribution is 5.93. The van der Waals surface area contributed by atoms with E-state index in [1.54, 1.807) is 6.20 Å².